The third kappa shape index (κ3) is 4.70. The lowest BCUT2D eigenvalue weighted by molar-refractivity contribution is -0.122. The number of aromatic nitrogens is 1. The highest BCUT2D eigenvalue weighted by molar-refractivity contribution is 8.18. The highest BCUT2D eigenvalue weighted by Gasteiger charge is 2.34. The number of nitrogens with one attached hydrogen (secondary N) is 1. The Morgan fingerprint density at radius 3 is 2.75 bits per heavy atom. The topological polar surface area (TPSA) is 79.4 Å². The number of rotatable bonds is 5. The van der Waals surface area contributed by atoms with Gasteiger partial charge in [-0.2, -0.15) is 4.39 Å². The average molecular weight is 440 g/mol. The molecule has 1 fully saturated rings. The zero-order valence-corrected chi connectivity index (χ0v) is 16.4. The van der Waals surface area contributed by atoms with Gasteiger partial charge >= 0.3 is 0 Å². The molecule has 1 aliphatic rings. The lowest BCUT2D eigenvalue weighted by Crippen LogP contribution is -2.37. The summed E-state index contributed by atoms with van der Waals surface area (Å²) in [7, 11) is 0. The fourth-order valence-electron chi connectivity index (χ4n) is 2.38. The molecule has 144 valence electrons. The van der Waals surface area contributed by atoms with Crippen molar-refractivity contribution >= 4 is 58.1 Å². The number of carbonyl (C=O) groups excluding carboxylic acids is 3. The van der Waals surface area contributed by atoms with E-state index in [1.165, 1.54) is 24.4 Å². The second-order valence-corrected chi connectivity index (χ2v) is 7.46. The van der Waals surface area contributed by atoms with Gasteiger partial charge in [0.25, 0.3) is 17.1 Å². The number of benzene rings is 1. The Kier molecular flexibility index (Phi) is 6.33. The number of imide groups is 1. The Balaban J connectivity index is 1.62. The number of hydrogen-bond acceptors (Lipinski definition) is 5. The second-order valence-electron chi connectivity index (χ2n) is 5.62. The normalized spacial score (nSPS) is 15.4. The van der Waals surface area contributed by atoms with Crippen LogP contribution in [0.4, 0.5) is 9.18 Å². The van der Waals surface area contributed by atoms with E-state index < -0.39 is 23.0 Å². The van der Waals surface area contributed by atoms with Gasteiger partial charge < -0.3 is 5.32 Å². The molecule has 0 unspecified atom stereocenters. The predicted octanol–water partition coefficient (Wildman–Crippen LogP) is 3.99. The SMILES string of the molecule is O=C(NCCN1C(=O)S/C(=C\c2ccc(Cl)cc2Cl)C1=O)c1ccnc(F)c1. The molecule has 0 saturated carbocycles. The highest BCUT2D eigenvalue weighted by Crippen LogP contribution is 2.33. The minimum absolute atomic E-state index is 0.0182. The minimum atomic E-state index is -0.774. The number of hydrogen-bond donors (Lipinski definition) is 1. The molecular weight excluding hydrogens is 428 g/mol. The van der Waals surface area contributed by atoms with E-state index in [9.17, 15) is 18.8 Å². The van der Waals surface area contributed by atoms with Crippen LogP contribution < -0.4 is 5.32 Å². The van der Waals surface area contributed by atoms with Gasteiger partial charge in [0.15, 0.2) is 0 Å². The minimum Gasteiger partial charge on any atom is -0.350 e. The molecule has 0 spiro atoms. The fraction of sp³-hybridized carbons (Fsp3) is 0.111. The van der Waals surface area contributed by atoms with Crippen LogP contribution in [0.1, 0.15) is 15.9 Å². The maximum atomic E-state index is 13.1. The average Bonchev–Trinajstić information content (AvgIpc) is 2.91. The Labute approximate surface area is 173 Å². The zero-order valence-electron chi connectivity index (χ0n) is 14.1. The van der Waals surface area contributed by atoms with E-state index >= 15 is 0 Å². The van der Waals surface area contributed by atoms with E-state index in [-0.39, 0.29) is 23.6 Å². The molecule has 0 radical (unpaired) electrons. The quantitative estimate of drug-likeness (QED) is 0.562. The Hall–Kier alpha value is -2.42. The van der Waals surface area contributed by atoms with Gasteiger partial charge in [0.05, 0.1) is 4.91 Å². The molecule has 6 nitrogen and oxygen atoms in total. The summed E-state index contributed by atoms with van der Waals surface area (Å²) in [6.45, 7) is 0.00542. The Morgan fingerprint density at radius 2 is 2.04 bits per heavy atom. The van der Waals surface area contributed by atoms with Crippen molar-refractivity contribution in [2.75, 3.05) is 13.1 Å². The summed E-state index contributed by atoms with van der Waals surface area (Å²) >= 11 is 12.7. The molecule has 1 aromatic heterocycles. The maximum absolute atomic E-state index is 13.1. The van der Waals surface area contributed by atoms with Crippen molar-refractivity contribution in [1.29, 1.82) is 0 Å². The molecule has 10 heteroatoms. The monoisotopic (exact) mass is 439 g/mol. The van der Waals surface area contributed by atoms with E-state index in [1.807, 2.05) is 0 Å². The predicted molar refractivity (Wildman–Crippen MR) is 106 cm³/mol. The summed E-state index contributed by atoms with van der Waals surface area (Å²) < 4.78 is 13.1. The summed E-state index contributed by atoms with van der Waals surface area (Å²) in [4.78, 5) is 41.2. The molecule has 2 aromatic rings. The number of pyridine rings is 1. The number of thioether (sulfide) groups is 1. The van der Waals surface area contributed by atoms with Crippen LogP contribution in [0.15, 0.2) is 41.4 Å². The van der Waals surface area contributed by atoms with Crippen LogP contribution in [0.5, 0.6) is 0 Å². The van der Waals surface area contributed by atoms with E-state index in [0.29, 0.717) is 15.6 Å². The van der Waals surface area contributed by atoms with Gasteiger partial charge in [0.1, 0.15) is 0 Å². The van der Waals surface area contributed by atoms with Crippen molar-refractivity contribution in [1.82, 2.24) is 15.2 Å². The summed E-state index contributed by atoms with van der Waals surface area (Å²) in [5, 5.41) is 2.89. The van der Waals surface area contributed by atoms with Gasteiger partial charge in [-0.1, -0.05) is 29.3 Å². The van der Waals surface area contributed by atoms with E-state index in [4.69, 9.17) is 23.2 Å². The largest absolute Gasteiger partial charge is 0.350 e. The van der Waals surface area contributed by atoms with Crippen LogP contribution in [0.25, 0.3) is 6.08 Å². The van der Waals surface area contributed by atoms with Gasteiger partial charge in [-0.3, -0.25) is 19.3 Å². The molecule has 3 rings (SSSR count). The molecule has 1 aliphatic heterocycles. The van der Waals surface area contributed by atoms with Crippen LogP contribution in [0, 0.1) is 5.95 Å². The van der Waals surface area contributed by atoms with Crippen LogP contribution in [0.3, 0.4) is 0 Å². The number of amides is 3. The van der Waals surface area contributed by atoms with Gasteiger partial charge in [0, 0.05) is 41.0 Å². The van der Waals surface area contributed by atoms with Crippen LogP contribution in [0.2, 0.25) is 10.0 Å². The molecule has 28 heavy (non-hydrogen) atoms. The number of nitrogens with zero attached hydrogens (tertiary/aromatic N) is 2. The van der Waals surface area contributed by atoms with E-state index in [0.717, 1.165) is 22.7 Å². The molecule has 0 atom stereocenters. The van der Waals surface area contributed by atoms with Crippen molar-refractivity contribution in [3.8, 4) is 0 Å². The van der Waals surface area contributed by atoms with Crippen molar-refractivity contribution in [2.24, 2.45) is 0 Å². The molecule has 3 amide bonds. The van der Waals surface area contributed by atoms with Crippen molar-refractivity contribution < 1.29 is 18.8 Å². The van der Waals surface area contributed by atoms with E-state index in [1.54, 1.807) is 12.1 Å². The highest BCUT2D eigenvalue weighted by atomic mass is 35.5. The fourth-order valence-corrected chi connectivity index (χ4v) is 3.70. The lowest BCUT2D eigenvalue weighted by atomic mass is 10.2. The first-order chi connectivity index (χ1) is 13.3. The first-order valence-corrected chi connectivity index (χ1v) is 9.52. The van der Waals surface area contributed by atoms with Crippen LogP contribution in [-0.2, 0) is 4.79 Å². The first-order valence-electron chi connectivity index (χ1n) is 7.95. The molecular formula is C18H12Cl2FN3O3S. The molecule has 1 aromatic carbocycles. The first kappa shape index (κ1) is 20.3. The zero-order chi connectivity index (χ0) is 20.3. The van der Waals surface area contributed by atoms with Crippen molar-refractivity contribution in [2.45, 2.75) is 0 Å². The third-order valence-electron chi connectivity index (χ3n) is 3.73. The lowest BCUT2D eigenvalue weighted by Gasteiger charge is -2.13. The molecule has 2 heterocycles. The molecule has 0 aliphatic carbocycles. The van der Waals surface area contributed by atoms with Gasteiger partial charge in [-0.15, -0.1) is 0 Å². The summed E-state index contributed by atoms with van der Waals surface area (Å²) in [6, 6.07) is 7.16. The second kappa shape index (κ2) is 8.72. The van der Waals surface area contributed by atoms with Gasteiger partial charge in [-0.05, 0) is 41.6 Å². The van der Waals surface area contributed by atoms with Crippen LogP contribution >= 0.6 is 35.0 Å². The van der Waals surface area contributed by atoms with Crippen molar-refractivity contribution in [3.05, 3.63) is 68.6 Å². The Morgan fingerprint density at radius 1 is 1.25 bits per heavy atom. The summed E-state index contributed by atoms with van der Waals surface area (Å²) in [5.41, 5.74) is 0.656. The number of halogens is 3. The van der Waals surface area contributed by atoms with Gasteiger partial charge in [-0.25, -0.2) is 4.98 Å². The Bertz CT molecular complexity index is 1000. The smallest absolute Gasteiger partial charge is 0.293 e. The third-order valence-corrected chi connectivity index (χ3v) is 5.20. The van der Waals surface area contributed by atoms with E-state index in [2.05, 4.69) is 10.3 Å². The van der Waals surface area contributed by atoms with Gasteiger partial charge in [0.2, 0.25) is 5.95 Å². The summed E-state index contributed by atoms with van der Waals surface area (Å²) in [5.74, 6) is -1.79. The summed E-state index contributed by atoms with van der Waals surface area (Å²) in [6.07, 6.45) is 2.69. The van der Waals surface area contributed by atoms with Crippen LogP contribution in [-0.4, -0.2) is 40.0 Å². The standard InChI is InChI=1S/C18H12Cl2FN3O3S/c19-12-2-1-10(13(20)9-12)7-14-17(26)24(18(27)28-14)6-5-23-16(25)11-3-4-22-15(21)8-11/h1-4,7-9H,5-6H2,(H,23,25)/b14-7-. The molecule has 1 saturated heterocycles. The molecule has 0 bridgehead atoms. The molecule has 1 N–H and O–H groups in total. The number of carbonyl (C=O) groups is 3. The van der Waals surface area contributed by atoms with Crippen molar-refractivity contribution in [3.63, 3.8) is 0 Å². The maximum Gasteiger partial charge on any atom is 0.293 e.